The summed E-state index contributed by atoms with van der Waals surface area (Å²) in [4.78, 5) is 21.6. The minimum Gasteiger partial charge on any atom is -0.369 e. The number of hydrogen-bond donors (Lipinski definition) is 2. The van der Waals surface area contributed by atoms with E-state index in [1.807, 2.05) is 0 Å². The molecule has 1 unspecified atom stereocenters. The Labute approximate surface area is 77.9 Å². The zero-order valence-electron chi connectivity index (χ0n) is 8.09. The Hall–Kier alpha value is -1.06. The summed E-state index contributed by atoms with van der Waals surface area (Å²) in [5.74, 6) is -0.833. The maximum atomic E-state index is 11.1. The third kappa shape index (κ3) is 2.44. The van der Waals surface area contributed by atoms with Crippen molar-refractivity contribution in [3.05, 3.63) is 0 Å². The fourth-order valence-corrected chi connectivity index (χ4v) is 1.54. The van der Waals surface area contributed by atoms with Gasteiger partial charge in [-0.25, -0.2) is 0 Å². The van der Waals surface area contributed by atoms with Crippen LogP contribution >= 0.6 is 0 Å². The van der Waals surface area contributed by atoms with Crippen molar-refractivity contribution < 1.29 is 9.59 Å². The largest absolute Gasteiger partial charge is 0.369 e. The summed E-state index contributed by atoms with van der Waals surface area (Å²) >= 11 is 0. The van der Waals surface area contributed by atoms with Crippen molar-refractivity contribution in [2.45, 2.75) is 39.2 Å². The number of nitrogens with one attached hydrogen (secondary N) is 1. The van der Waals surface area contributed by atoms with E-state index in [2.05, 4.69) is 19.2 Å². The number of primary amides is 1. The fourth-order valence-electron chi connectivity index (χ4n) is 1.54. The van der Waals surface area contributed by atoms with Crippen LogP contribution in [0.15, 0.2) is 0 Å². The molecule has 1 aliphatic rings. The summed E-state index contributed by atoms with van der Waals surface area (Å²) in [5, 5.41) is 2.80. The summed E-state index contributed by atoms with van der Waals surface area (Å²) in [6.45, 7) is 4.21. The molecule has 1 saturated carbocycles. The van der Waals surface area contributed by atoms with E-state index in [1.165, 1.54) is 0 Å². The predicted molar refractivity (Wildman–Crippen MR) is 48.8 cm³/mol. The first-order valence-corrected chi connectivity index (χ1v) is 4.49. The molecule has 0 saturated heterocycles. The predicted octanol–water partition coefficient (Wildman–Crippen LogP) is 0.167. The Morgan fingerprint density at radius 3 is 2.46 bits per heavy atom. The second kappa shape index (κ2) is 3.36. The van der Waals surface area contributed by atoms with Gasteiger partial charge >= 0.3 is 0 Å². The molecule has 0 radical (unpaired) electrons. The number of nitrogens with two attached hydrogens (primary N) is 1. The number of carbonyl (C=O) groups is 2. The van der Waals surface area contributed by atoms with Gasteiger partial charge in [-0.05, 0) is 18.3 Å². The first kappa shape index (κ1) is 10.0. The standard InChI is InChI=1S/C9H16N2O2/c1-9(2)4-3-6(9)11-8(13)5-7(10)12/h6H,3-5H2,1-2H3,(H2,10,12)(H,11,13). The van der Waals surface area contributed by atoms with Gasteiger partial charge in [0.2, 0.25) is 11.8 Å². The van der Waals surface area contributed by atoms with Gasteiger partial charge in [-0.2, -0.15) is 0 Å². The van der Waals surface area contributed by atoms with Gasteiger partial charge in [0.1, 0.15) is 6.42 Å². The minimum atomic E-state index is -0.574. The van der Waals surface area contributed by atoms with Crippen molar-refractivity contribution >= 4 is 11.8 Å². The Morgan fingerprint density at radius 2 is 2.15 bits per heavy atom. The number of rotatable bonds is 3. The molecule has 0 aromatic rings. The minimum absolute atomic E-state index is 0.174. The SMILES string of the molecule is CC1(C)CCC1NC(=O)CC(N)=O. The van der Waals surface area contributed by atoms with E-state index in [4.69, 9.17) is 5.73 Å². The molecule has 0 spiro atoms. The topological polar surface area (TPSA) is 72.2 Å². The molecule has 0 bridgehead atoms. The first-order chi connectivity index (χ1) is 5.92. The second-order valence-electron chi connectivity index (χ2n) is 4.29. The van der Waals surface area contributed by atoms with Gasteiger partial charge in [0, 0.05) is 6.04 Å². The molecule has 4 heteroatoms. The maximum Gasteiger partial charge on any atom is 0.229 e. The monoisotopic (exact) mass is 184 g/mol. The average Bonchev–Trinajstić information content (AvgIpc) is 1.97. The van der Waals surface area contributed by atoms with Crippen molar-refractivity contribution in [3.8, 4) is 0 Å². The summed E-state index contributed by atoms with van der Waals surface area (Å²) in [5.41, 5.74) is 5.07. The van der Waals surface area contributed by atoms with E-state index in [-0.39, 0.29) is 23.8 Å². The molecule has 0 aromatic heterocycles. The Balaban J connectivity index is 2.33. The van der Waals surface area contributed by atoms with Crippen molar-refractivity contribution in [2.75, 3.05) is 0 Å². The van der Waals surface area contributed by atoms with E-state index in [9.17, 15) is 9.59 Å². The fraction of sp³-hybridized carbons (Fsp3) is 0.778. The van der Waals surface area contributed by atoms with Crippen LogP contribution in [0.2, 0.25) is 0 Å². The van der Waals surface area contributed by atoms with Crippen LogP contribution in [-0.2, 0) is 9.59 Å². The van der Waals surface area contributed by atoms with Crippen molar-refractivity contribution in [2.24, 2.45) is 11.1 Å². The van der Waals surface area contributed by atoms with Gasteiger partial charge < -0.3 is 11.1 Å². The summed E-state index contributed by atoms with van der Waals surface area (Å²) in [6.07, 6.45) is 1.92. The first-order valence-electron chi connectivity index (χ1n) is 4.49. The zero-order valence-corrected chi connectivity index (χ0v) is 8.09. The van der Waals surface area contributed by atoms with E-state index >= 15 is 0 Å². The summed E-state index contributed by atoms with van der Waals surface area (Å²) in [6, 6.07) is 0.208. The molecule has 0 aliphatic heterocycles. The maximum absolute atomic E-state index is 11.1. The molecular formula is C9H16N2O2. The molecule has 1 fully saturated rings. The number of hydrogen-bond acceptors (Lipinski definition) is 2. The van der Waals surface area contributed by atoms with E-state index in [0.29, 0.717) is 0 Å². The highest BCUT2D eigenvalue weighted by molar-refractivity contribution is 5.96. The van der Waals surface area contributed by atoms with E-state index < -0.39 is 5.91 Å². The van der Waals surface area contributed by atoms with Crippen LogP contribution in [0.3, 0.4) is 0 Å². The third-order valence-corrected chi connectivity index (χ3v) is 2.69. The van der Waals surface area contributed by atoms with Gasteiger partial charge in [0.15, 0.2) is 0 Å². The van der Waals surface area contributed by atoms with Crippen molar-refractivity contribution in [1.82, 2.24) is 5.32 Å². The lowest BCUT2D eigenvalue weighted by Crippen LogP contribution is -2.52. The van der Waals surface area contributed by atoms with Crippen LogP contribution in [0.5, 0.6) is 0 Å². The Morgan fingerprint density at radius 1 is 1.54 bits per heavy atom. The molecule has 0 heterocycles. The van der Waals surface area contributed by atoms with Crippen LogP contribution < -0.4 is 11.1 Å². The van der Waals surface area contributed by atoms with Crippen molar-refractivity contribution in [3.63, 3.8) is 0 Å². The smallest absolute Gasteiger partial charge is 0.229 e. The lowest BCUT2D eigenvalue weighted by molar-refractivity contribution is -0.129. The van der Waals surface area contributed by atoms with Crippen LogP contribution in [0.1, 0.15) is 33.1 Å². The molecular weight excluding hydrogens is 168 g/mol. The highest BCUT2D eigenvalue weighted by atomic mass is 16.2. The van der Waals surface area contributed by atoms with Crippen LogP contribution in [0.25, 0.3) is 0 Å². The number of carbonyl (C=O) groups excluding carboxylic acids is 2. The lowest BCUT2D eigenvalue weighted by Gasteiger charge is -2.44. The third-order valence-electron chi connectivity index (χ3n) is 2.69. The molecule has 3 N–H and O–H groups in total. The van der Waals surface area contributed by atoms with Crippen LogP contribution in [0, 0.1) is 5.41 Å². The van der Waals surface area contributed by atoms with E-state index in [0.717, 1.165) is 12.8 Å². The van der Waals surface area contributed by atoms with Gasteiger partial charge in [0.05, 0.1) is 0 Å². The van der Waals surface area contributed by atoms with Crippen molar-refractivity contribution in [1.29, 1.82) is 0 Å². The average molecular weight is 184 g/mol. The van der Waals surface area contributed by atoms with Crippen LogP contribution in [0.4, 0.5) is 0 Å². The molecule has 0 aromatic carbocycles. The molecule has 2 amide bonds. The quantitative estimate of drug-likeness (QED) is 0.613. The normalized spacial score (nSPS) is 24.6. The van der Waals surface area contributed by atoms with Gasteiger partial charge in [-0.15, -0.1) is 0 Å². The zero-order chi connectivity index (χ0) is 10.1. The summed E-state index contributed by atoms with van der Waals surface area (Å²) in [7, 11) is 0. The molecule has 1 atom stereocenters. The molecule has 1 aliphatic carbocycles. The van der Waals surface area contributed by atoms with E-state index in [1.54, 1.807) is 0 Å². The molecule has 74 valence electrons. The highest BCUT2D eigenvalue weighted by Crippen LogP contribution is 2.39. The highest BCUT2D eigenvalue weighted by Gasteiger charge is 2.39. The van der Waals surface area contributed by atoms with Gasteiger partial charge in [-0.1, -0.05) is 13.8 Å². The van der Waals surface area contributed by atoms with Gasteiger partial charge in [-0.3, -0.25) is 9.59 Å². The van der Waals surface area contributed by atoms with Crippen LogP contribution in [-0.4, -0.2) is 17.9 Å². The number of amides is 2. The Kier molecular flexibility index (Phi) is 2.59. The summed E-state index contributed by atoms with van der Waals surface area (Å²) < 4.78 is 0. The van der Waals surface area contributed by atoms with Gasteiger partial charge in [0.25, 0.3) is 0 Å². The molecule has 13 heavy (non-hydrogen) atoms. The Bertz CT molecular complexity index is 236. The molecule has 4 nitrogen and oxygen atoms in total. The molecule has 1 rings (SSSR count). The lowest BCUT2D eigenvalue weighted by atomic mass is 9.67. The second-order valence-corrected chi connectivity index (χ2v) is 4.29.